The van der Waals surface area contributed by atoms with Crippen LogP contribution in [0.3, 0.4) is 0 Å². The fourth-order valence-electron chi connectivity index (χ4n) is 2.57. The lowest BCUT2D eigenvalue weighted by Crippen LogP contribution is -2.36. The first kappa shape index (κ1) is 15.2. The third-order valence-corrected chi connectivity index (χ3v) is 4.18. The van der Waals surface area contributed by atoms with E-state index in [9.17, 15) is 10.1 Å². The van der Waals surface area contributed by atoms with Crippen LogP contribution in [-0.2, 0) is 0 Å². The van der Waals surface area contributed by atoms with Gasteiger partial charge in [-0.1, -0.05) is 0 Å². The maximum absolute atomic E-state index is 11.1. The zero-order chi connectivity index (χ0) is 14.7. The fourth-order valence-corrected chi connectivity index (χ4v) is 2.89. The maximum atomic E-state index is 11.1. The standard InChI is InChI=1S/C13H19BrN4O2/c1-16-5-3-10(4-6-16)9-17(2)13-12(18(19)20)7-11(14)8-15-13/h7-8,10H,3-6,9H2,1-2H3. The number of aromatic nitrogens is 1. The van der Waals surface area contributed by atoms with E-state index in [0.29, 0.717) is 16.2 Å². The summed E-state index contributed by atoms with van der Waals surface area (Å²) in [6, 6.07) is 1.51. The van der Waals surface area contributed by atoms with Gasteiger partial charge in [0.1, 0.15) is 0 Å². The SMILES string of the molecule is CN1CCC(CN(C)c2ncc(Br)cc2[N+](=O)[O-])CC1. The number of pyridine rings is 1. The largest absolute Gasteiger partial charge is 0.354 e. The number of nitrogens with zero attached hydrogens (tertiary/aromatic N) is 4. The molecule has 0 unspecified atom stereocenters. The van der Waals surface area contributed by atoms with Crippen molar-refractivity contribution in [2.24, 2.45) is 5.92 Å². The monoisotopic (exact) mass is 342 g/mol. The average molecular weight is 343 g/mol. The van der Waals surface area contributed by atoms with Gasteiger partial charge in [-0.05, 0) is 54.8 Å². The molecule has 0 radical (unpaired) electrons. The Kier molecular flexibility index (Phi) is 4.93. The van der Waals surface area contributed by atoms with Crippen LogP contribution in [0.15, 0.2) is 16.7 Å². The van der Waals surface area contributed by atoms with Crippen LogP contribution in [-0.4, -0.2) is 48.5 Å². The minimum Gasteiger partial charge on any atom is -0.354 e. The van der Waals surface area contributed by atoms with Gasteiger partial charge in [-0.3, -0.25) is 10.1 Å². The smallest absolute Gasteiger partial charge is 0.312 e. The number of hydrogen-bond donors (Lipinski definition) is 0. The molecule has 1 aromatic rings. The summed E-state index contributed by atoms with van der Waals surface area (Å²) in [5.74, 6) is 1.01. The minimum atomic E-state index is -0.377. The second kappa shape index (κ2) is 6.49. The Labute approximate surface area is 127 Å². The number of nitro groups is 1. The summed E-state index contributed by atoms with van der Waals surface area (Å²) in [6.07, 6.45) is 3.86. The molecule has 0 N–H and O–H groups in total. The molecule has 1 aromatic heterocycles. The molecule has 0 amide bonds. The van der Waals surface area contributed by atoms with Crippen LogP contribution >= 0.6 is 15.9 Å². The molecule has 2 heterocycles. The Morgan fingerprint density at radius 3 is 2.80 bits per heavy atom. The van der Waals surface area contributed by atoms with Gasteiger partial charge in [-0.15, -0.1) is 0 Å². The summed E-state index contributed by atoms with van der Waals surface area (Å²) in [6.45, 7) is 2.99. The van der Waals surface area contributed by atoms with E-state index in [-0.39, 0.29) is 10.6 Å². The third kappa shape index (κ3) is 3.67. The molecular formula is C13H19BrN4O2. The van der Waals surface area contributed by atoms with Crippen molar-refractivity contribution in [3.05, 3.63) is 26.9 Å². The Hall–Kier alpha value is -1.21. The Balaban J connectivity index is 2.09. The molecule has 7 heteroatoms. The first-order valence-electron chi connectivity index (χ1n) is 6.67. The number of likely N-dealkylation sites (tertiary alicyclic amines) is 1. The summed E-state index contributed by atoms with van der Waals surface area (Å²) in [5.41, 5.74) is 0.0507. The average Bonchev–Trinajstić information content (AvgIpc) is 2.41. The van der Waals surface area contributed by atoms with E-state index in [1.54, 1.807) is 6.20 Å². The maximum Gasteiger partial charge on any atom is 0.312 e. The quantitative estimate of drug-likeness (QED) is 0.621. The highest BCUT2D eigenvalue weighted by molar-refractivity contribution is 9.10. The van der Waals surface area contributed by atoms with Gasteiger partial charge in [0.05, 0.1) is 4.92 Å². The molecule has 0 spiro atoms. The number of halogens is 1. The van der Waals surface area contributed by atoms with Crippen LogP contribution < -0.4 is 4.90 Å². The minimum absolute atomic E-state index is 0.0507. The Bertz CT molecular complexity index is 489. The molecule has 110 valence electrons. The Morgan fingerprint density at radius 1 is 1.55 bits per heavy atom. The molecule has 0 atom stereocenters. The van der Waals surface area contributed by atoms with Gasteiger partial charge in [-0.2, -0.15) is 0 Å². The highest BCUT2D eigenvalue weighted by Crippen LogP contribution is 2.29. The molecule has 20 heavy (non-hydrogen) atoms. The van der Waals surface area contributed by atoms with Crippen molar-refractivity contribution in [1.82, 2.24) is 9.88 Å². The van der Waals surface area contributed by atoms with E-state index in [1.165, 1.54) is 6.07 Å². The number of anilines is 1. The zero-order valence-electron chi connectivity index (χ0n) is 11.8. The molecule has 2 rings (SSSR count). The highest BCUT2D eigenvalue weighted by Gasteiger charge is 2.23. The molecule has 1 saturated heterocycles. The van der Waals surface area contributed by atoms with Crippen molar-refractivity contribution in [3.63, 3.8) is 0 Å². The lowest BCUT2D eigenvalue weighted by Gasteiger charge is -2.31. The van der Waals surface area contributed by atoms with Crippen LogP contribution in [0.2, 0.25) is 0 Å². The van der Waals surface area contributed by atoms with Crippen molar-refractivity contribution in [2.45, 2.75) is 12.8 Å². The normalized spacial score (nSPS) is 17.1. The number of rotatable bonds is 4. The van der Waals surface area contributed by atoms with E-state index in [0.717, 1.165) is 32.5 Å². The van der Waals surface area contributed by atoms with Crippen LogP contribution in [0.25, 0.3) is 0 Å². The van der Waals surface area contributed by atoms with E-state index in [1.807, 2.05) is 11.9 Å². The van der Waals surface area contributed by atoms with Crippen molar-refractivity contribution in [1.29, 1.82) is 0 Å². The molecule has 1 fully saturated rings. The van der Waals surface area contributed by atoms with Gasteiger partial charge in [0.25, 0.3) is 0 Å². The molecule has 0 bridgehead atoms. The second-order valence-electron chi connectivity index (χ2n) is 5.38. The first-order valence-corrected chi connectivity index (χ1v) is 7.46. The molecule has 1 aliphatic rings. The van der Waals surface area contributed by atoms with Crippen LogP contribution in [0.1, 0.15) is 12.8 Å². The lowest BCUT2D eigenvalue weighted by molar-refractivity contribution is -0.384. The van der Waals surface area contributed by atoms with Crippen LogP contribution in [0, 0.1) is 16.0 Å². The lowest BCUT2D eigenvalue weighted by atomic mass is 9.97. The van der Waals surface area contributed by atoms with Gasteiger partial charge in [0.2, 0.25) is 5.82 Å². The van der Waals surface area contributed by atoms with E-state index >= 15 is 0 Å². The summed E-state index contributed by atoms with van der Waals surface area (Å²) >= 11 is 3.23. The molecule has 0 aliphatic carbocycles. The topological polar surface area (TPSA) is 62.5 Å². The first-order chi connectivity index (χ1) is 9.47. The van der Waals surface area contributed by atoms with E-state index in [2.05, 4.69) is 32.9 Å². The zero-order valence-corrected chi connectivity index (χ0v) is 13.3. The molecule has 1 aliphatic heterocycles. The molecular weight excluding hydrogens is 324 g/mol. The van der Waals surface area contributed by atoms with Crippen molar-refractivity contribution >= 4 is 27.4 Å². The molecule has 0 aromatic carbocycles. The predicted molar refractivity (Wildman–Crippen MR) is 82.1 cm³/mol. The summed E-state index contributed by atoms with van der Waals surface area (Å²) in [5, 5.41) is 11.1. The second-order valence-corrected chi connectivity index (χ2v) is 6.30. The Morgan fingerprint density at radius 2 is 2.20 bits per heavy atom. The van der Waals surface area contributed by atoms with Crippen molar-refractivity contribution in [2.75, 3.05) is 38.6 Å². The van der Waals surface area contributed by atoms with Crippen LogP contribution in [0.5, 0.6) is 0 Å². The predicted octanol–water partition coefficient (Wildman–Crippen LogP) is 2.53. The van der Waals surface area contributed by atoms with Crippen LogP contribution in [0.4, 0.5) is 11.5 Å². The fraction of sp³-hybridized carbons (Fsp3) is 0.615. The molecule has 6 nitrogen and oxygen atoms in total. The molecule has 0 saturated carbocycles. The highest BCUT2D eigenvalue weighted by atomic mass is 79.9. The van der Waals surface area contributed by atoms with Gasteiger partial charge < -0.3 is 9.80 Å². The van der Waals surface area contributed by atoms with Crippen molar-refractivity contribution in [3.8, 4) is 0 Å². The summed E-state index contributed by atoms with van der Waals surface area (Å²) in [4.78, 5) is 19.2. The summed E-state index contributed by atoms with van der Waals surface area (Å²) in [7, 11) is 4.00. The van der Waals surface area contributed by atoms with E-state index in [4.69, 9.17) is 0 Å². The van der Waals surface area contributed by atoms with Gasteiger partial charge in [0, 0.05) is 30.3 Å². The van der Waals surface area contributed by atoms with E-state index < -0.39 is 0 Å². The van der Waals surface area contributed by atoms with Gasteiger partial charge in [-0.25, -0.2) is 4.98 Å². The number of piperidine rings is 1. The van der Waals surface area contributed by atoms with Gasteiger partial charge >= 0.3 is 5.69 Å². The van der Waals surface area contributed by atoms with Gasteiger partial charge in [0.15, 0.2) is 0 Å². The number of hydrogen-bond acceptors (Lipinski definition) is 5. The third-order valence-electron chi connectivity index (χ3n) is 3.74. The summed E-state index contributed by atoms with van der Waals surface area (Å²) < 4.78 is 0.626. The van der Waals surface area contributed by atoms with Crippen molar-refractivity contribution < 1.29 is 4.92 Å².